The van der Waals surface area contributed by atoms with Gasteiger partial charge in [0, 0.05) is 41.7 Å². The predicted molar refractivity (Wildman–Crippen MR) is 127 cm³/mol. The minimum atomic E-state index is -0.337. The number of ether oxygens (including phenoxy) is 2. The van der Waals surface area contributed by atoms with E-state index in [9.17, 15) is 4.79 Å². The van der Waals surface area contributed by atoms with Crippen LogP contribution in [0.5, 0.6) is 5.75 Å². The number of fused-ring (bicyclic) bond motifs is 1. The summed E-state index contributed by atoms with van der Waals surface area (Å²) in [5.41, 5.74) is 4.16. The predicted octanol–water partition coefficient (Wildman–Crippen LogP) is 4.87. The molecule has 1 fully saturated rings. The summed E-state index contributed by atoms with van der Waals surface area (Å²) in [6.07, 6.45) is 5.90. The molecule has 0 aliphatic carbocycles. The number of nitrogens with zero attached hydrogens (tertiary/aromatic N) is 4. The van der Waals surface area contributed by atoms with E-state index in [2.05, 4.69) is 31.3 Å². The first-order valence-electron chi connectivity index (χ1n) is 10.3. The summed E-state index contributed by atoms with van der Waals surface area (Å²) in [4.78, 5) is 30.6. The number of halogens is 1. The number of amides is 1. The summed E-state index contributed by atoms with van der Waals surface area (Å²) in [6, 6.07) is 5.57. The maximum Gasteiger partial charge on any atom is 0.259 e. The fourth-order valence-electron chi connectivity index (χ4n) is 3.83. The molecule has 10 heteroatoms. The maximum absolute atomic E-state index is 13.2. The normalized spacial score (nSPS) is 15.7. The molecule has 0 aromatic carbocycles. The Kier molecular flexibility index (Phi) is 5.92. The van der Waals surface area contributed by atoms with E-state index in [1.807, 2.05) is 19.2 Å². The zero-order chi connectivity index (χ0) is 22.9. The first-order chi connectivity index (χ1) is 16.0. The third kappa shape index (κ3) is 4.39. The van der Waals surface area contributed by atoms with Gasteiger partial charge in [0.15, 0.2) is 10.8 Å². The van der Waals surface area contributed by atoms with E-state index in [4.69, 9.17) is 21.1 Å². The van der Waals surface area contributed by atoms with Crippen LogP contribution in [0.1, 0.15) is 34.0 Å². The van der Waals surface area contributed by atoms with Gasteiger partial charge < -0.3 is 9.47 Å². The number of anilines is 1. The largest absolute Gasteiger partial charge is 0.494 e. The van der Waals surface area contributed by atoms with Crippen molar-refractivity contribution in [2.75, 3.05) is 25.6 Å². The molecular formula is C23H20ClN5O3S. The number of aromatic nitrogens is 4. The van der Waals surface area contributed by atoms with Gasteiger partial charge in [-0.15, -0.1) is 0 Å². The molecule has 0 unspecified atom stereocenters. The number of nitrogens with one attached hydrogen (secondary N) is 1. The van der Waals surface area contributed by atoms with Gasteiger partial charge in [0.1, 0.15) is 10.9 Å². The van der Waals surface area contributed by atoms with Gasteiger partial charge in [-0.05, 0) is 37.1 Å². The number of pyridine rings is 3. The Morgan fingerprint density at radius 2 is 2.06 bits per heavy atom. The van der Waals surface area contributed by atoms with Crippen molar-refractivity contribution in [3.05, 3.63) is 58.8 Å². The molecule has 5 rings (SSSR count). The lowest BCUT2D eigenvalue weighted by atomic mass is 10.0. The number of thiazole rings is 1. The molecule has 8 nitrogen and oxygen atoms in total. The van der Waals surface area contributed by atoms with Gasteiger partial charge in [0.25, 0.3) is 5.91 Å². The zero-order valence-corrected chi connectivity index (χ0v) is 19.5. The Morgan fingerprint density at radius 1 is 1.18 bits per heavy atom. The summed E-state index contributed by atoms with van der Waals surface area (Å²) in [5, 5.41) is 3.66. The van der Waals surface area contributed by atoms with Crippen LogP contribution >= 0.6 is 22.9 Å². The average Bonchev–Trinajstić information content (AvgIpc) is 3.48. The third-order valence-electron chi connectivity index (χ3n) is 5.52. The Balaban J connectivity index is 1.47. The van der Waals surface area contributed by atoms with Crippen molar-refractivity contribution in [2.24, 2.45) is 0 Å². The van der Waals surface area contributed by atoms with Crippen LogP contribution in [0.2, 0.25) is 5.15 Å². The molecule has 1 amide bonds. The van der Waals surface area contributed by atoms with Crippen molar-refractivity contribution in [1.82, 2.24) is 19.9 Å². The van der Waals surface area contributed by atoms with Gasteiger partial charge in [-0.1, -0.05) is 22.9 Å². The number of hydrogen-bond donors (Lipinski definition) is 1. The van der Waals surface area contributed by atoms with E-state index in [-0.39, 0.29) is 5.91 Å². The summed E-state index contributed by atoms with van der Waals surface area (Å²) in [6.45, 7) is 3.33. The van der Waals surface area contributed by atoms with E-state index in [0.29, 0.717) is 50.9 Å². The molecule has 0 saturated carbocycles. The zero-order valence-electron chi connectivity index (χ0n) is 18.0. The van der Waals surface area contributed by atoms with Crippen molar-refractivity contribution in [3.8, 4) is 16.9 Å². The average molecular weight is 482 g/mol. The SMILES string of the molecule is COc1cnc(Cl)cc1-c1cc(C)ncc1C(=O)Nc1nc2ncc([C@@H]3CCOC3)cc2s1. The highest BCUT2D eigenvalue weighted by Crippen LogP contribution is 2.35. The lowest BCUT2D eigenvalue weighted by Crippen LogP contribution is -2.14. The Hall–Kier alpha value is -3.14. The summed E-state index contributed by atoms with van der Waals surface area (Å²) >= 11 is 7.51. The smallest absolute Gasteiger partial charge is 0.259 e. The van der Waals surface area contributed by atoms with Crippen LogP contribution in [0.15, 0.2) is 36.8 Å². The van der Waals surface area contributed by atoms with Gasteiger partial charge in [0.05, 0.1) is 30.2 Å². The highest BCUT2D eigenvalue weighted by atomic mass is 35.5. The van der Waals surface area contributed by atoms with Gasteiger partial charge in [-0.3, -0.25) is 15.1 Å². The van der Waals surface area contributed by atoms with Gasteiger partial charge in [-0.2, -0.15) is 4.98 Å². The number of rotatable bonds is 5. The fraction of sp³-hybridized carbons (Fsp3) is 0.261. The van der Waals surface area contributed by atoms with Crippen LogP contribution in [0, 0.1) is 6.92 Å². The van der Waals surface area contributed by atoms with Crippen molar-refractivity contribution < 1.29 is 14.3 Å². The molecule has 5 heterocycles. The van der Waals surface area contributed by atoms with E-state index in [0.717, 1.165) is 29.0 Å². The highest BCUT2D eigenvalue weighted by molar-refractivity contribution is 7.22. The molecule has 1 atom stereocenters. The second kappa shape index (κ2) is 9.01. The Bertz CT molecular complexity index is 1350. The molecule has 0 radical (unpaired) electrons. The molecule has 1 saturated heterocycles. The maximum atomic E-state index is 13.2. The van der Waals surface area contributed by atoms with Crippen LogP contribution in [0.25, 0.3) is 21.5 Å². The van der Waals surface area contributed by atoms with Crippen LogP contribution in [0.3, 0.4) is 0 Å². The van der Waals surface area contributed by atoms with Crippen molar-refractivity contribution in [1.29, 1.82) is 0 Å². The fourth-order valence-corrected chi connectivity index (χ4v) is 4.85. The molecule has 4 aromatic rings. The number of carbonyl (C=O) groups is 1. The van der Waals surface area contributed by atoms with Crippen LogP contribution in [-0.2, 0) is 4.74 Å². The lowest BCUT2D eigenvalue weighted by molar-refractivity contribution is 0.102. The molecule has 1 aliphatic heterocycles. The monoisotopic (exact) mass is 481 g/mol. The van der Waals surface area contributed by atoms with Gasteiger partial charge >= 0.3 is 0 Å². The standard InChI is InChI=1S/C23H20ClN5O3S/c1-12-5-15(16-7-20(24)26-10-18(16)31-2)17(9-25-12)22(30)29-23-28-21-19(33-23)6-14(8-27-21)13-3-4-32-11-13/h5-10,13H,3-4,11H2,1-2H3,(H,27,28,29,30)/t13-/m1/s1. The second-order valence-corrected chi connectivity index (χ2v) is 9.12. The third-order valence-corrected chi connectivity index (χ3v) is 6.63. The first kappa shape index (κ1) is 21.7. The van der Waals surface area contributed by atoms with Gasteiger partial charge in [0.2, 0.25) is 0 Å². The molecule has 4 aromatic heterocycles. The summed E-state index contributed by atoms with van der Waals surface area (Å²) < 4.78 is 11.8. The van der Waals surface area contributed by atoms with E-state index >= 15 is 0 Å². The molecule has 0 bridgehead atoms. The van der Waals surface area contributed by atoms with E-state index in [1.165, 1.54) is 23.7 Å². The molecule has 1 N–H and O–H groups in total. The van der Waals surface area contributed by atoms with Crippen molar-refractivity contribution in [3.63, 3.8) is 0 Å². The lowest BCUT2D eigenvalue weighted by Gasteiger charge is -2.13. The molecular weight excluding hydrogens is 462 g/mol. The number of aryl methyl sites for hydroxylation is 1. The minimum Gasteiger partial charge on any atom is -0.494 e. The van der Waals surface area contributed by atoms with Crippen molar-refractivity contribution in [2.45, 2.75) is 19.3 Å². The molecule has 0 spiro atoms. The topological polar surface area (TPSA) is 99.1 Å². The number of hydrogen-bond acceptors (Lipinski definition) is 8. The van der Waals surface area contributed by atoms with Crippen LogP contribution in [0.4, 0.5) is 5.13 Å². The second-order valence-electron chi connectivity index (χ2n) is 7.70. The Labute approximate surface area is 199 Å². The first-order valence-corrected chi connectivity index (χ1v) is 11.5. The molecule has 33 heavy (non-hydrogen) atoms. The molecule has 168 valence electrons. The van der Waals surface area contributed by atoms with Crippen LogP contribution < -0.4 is 10.1 Å². The summed E-state index contributed by atoms with van der Waals surface area (Å²) in [5.74, 6) is 0.521. The van der Waals surface area contributed by atoms with E-state index < -0.39 is 0 Å². The summed E-state index contributed by atoms with van der Waals surface area (Å²) in [7, 11) is 1.54. The Morgan fingerprint density at radius 3 is 2.85 bits per heavy atom. The molecule has 1 aliphatic rings. The number of methoxy groups -OCH3 is 1. The number of carbonyl (C=O) groups excluding carboxylic acids is 1. The minimum absolute atomic E-state index is 0.298. The van der Waals surface area contributed by atoms with Crippen LogP contribution in [-0.4, -0.2) is 46.2 Å². The van der Waals surface area contributed by atoms with E-state index in [1.54, 1.807) is 13.2 Å². The van der Waals surface area contributed by atoms with Crippen molar-refractivity contribution >= 4 is 44.3 Å². The van der Waals surface area contributed by atoms with Gasteiger partial charge in [-0.25, -0.2) is 9.97 Å². The highest BCUT2D eigenvalue weighted by Gasteiger charge is 2.21. The quantitative estimate of drug-likeness (QED) is 0.406.